The molecule has 0 saturated carbocycles. The number of nitrogens with one attached hydrogen (secondary N) is 1. The van der Waals surface area contributed by atoms with Crippen LogP contribution in [0, 0.1) is 0 Å². The average molecular weight is 481 g/mol. The molecule has 28 heavy (non-hydrogen) atoms. The molecule has 1 N–H and O–H groups in total. The third-order valence-electron chi connectivity index (χ3n) is 3.91. The van der Waals surface area contributed by atoms with Crippen molar-refractivity contribution < 1.29 is 14.3 Å². The van der Waals surface area contributed by atoms with Gasteiger partial charge < -0.3 is 14.8 Å². The van der Waals surface area contributed by atoms with Crippen LogP contribution in [-0.4, -0.2) is 13.0 Å². The van der Waals surface area contributed by atoms with E-state index in [2.05, 4.69) is 21.2 Å². The number of rotatable bonds is 6. The van der Waals surface area contributed by atoms with Gasteiger partial charge in [0.15, 0.2) is 11.5 Å². The first-order valence-electron chi connectivity index (χ1n) is 8.29. The van der Waals surface area contributed by atoms with E-state index in [-0.39, 0.29) is 10.9 Å². The Bertz CT molecular complexity index is 996. The molecule has 7 heteroatoms. The minimum Gasteiger partial charge on any atom is -0.492 e. The van der Waals surface area contributed by atoms with Crippen LogP contribution in [0.25, 0.3) is 0 Å². The zero-order valence-electron chi connectivity index (χ0n) is 14.8. The highest BCUT2D eigenvalue weighted by atomic mass is 79.9. The Balaban J connectivity index is 1.85. The second kappa shape index (κ2) is 9.32. The van der Waals surface area contributed by atoms with Crippen LogP contribution >= 0.6 is 39.1 Å². The fraction of sp³-hybridized carbons (Fsp3) is 0.0952. The highest BCUT2D eigenvalue weighted by molar-refractivity contribution is 9.10. The molecule has 0 radical (unpaired) electrons. The van der Waals surface area contributed by atoms with Crippen molar-refractivity contribution in [2.24, 2.45) is 0 Å². The van der Waals surface area contributed by atoms with Gasteiger partial charge in [0.05, 0.1) is 27.3 Å². The van der Waals surface area contributed by atoms with Gasteiger partial charge in [-0.15, -0.1) is 0 Å². The molecule has 1 amide bonds. The fourth-order valence-electron chi connectivity index (χ4n) is 2.53. The van der Waals surface area contributed by atoms with Crippen LogP contribution < -0.4 is 14.8 Å². The van der Waals surface area contributed by atoms with Gasteiger partial charge in [-0.05, 0) is 45.8 Å². The number of hydrogen-bond acceptors (Lipinski definition) is 3. The molecule has 0 heterocycles. The van der Waals surface area contributed by atoms with E-state index in [1.807, 2.05) is 30.3 Å². The summed E-state index contributed by atoms with van der Waals surface area (Å²) in [6.07, 6.45) is 0. The van der Waals surface area contributed by atoms with Gasteiger partial charge in [0.25, 0.3) is 5.91 Å². The van der Waals surface area contributed by atoms with Gasteiger partial charge in [-0.25, -0.2) is 0 Å². The molecule has 3 aromatic rings. The van der Waals surface area contributed by atoms with Crippen molar-refractivity contribution in [1.82, 2.24) is 0 Å². The smallest absolute Gasteiger partial charge is 0.255 e. The van der Waals surface area contributed by atoms with Gasteiger partial charge in [0.1, 0.15) is 6.61 Å². The normalized spacial score (nSPS) is 10.4. The average Bonchev–Trinajstić information content (AvgIpc) is 2.70. The molecule has 0 aromatic heterocycles. The SMILES string of the molecule is COc1c(Br)cc(C(=O)Nc2cccc(Cl)c2Cl)cc1OCc1ccccc1. The Kier molecular flexibility index (Phi) is 6.83. The summed E-state index contributed by atoms with van der Waals surface area (Å²) in [4.78, 5) is 12.7. The predicted octanol–water partition coefficient (Wildman–Crippen LogP) is 6.60. The molecule has 0 spiro atoms. The quantitative estimate of drug-likeness (QED) is 0.432. The number of anilines is 1. The minimum absolute atomic E-state index is 0.283. The van der Waals surface area contributed by atoms with Crippen LogP contribution in [0.15, 0.2) is 65.1 Å². The maximum atomic E-state index is 12.7. The lowest BCUT2D eigenvalue weighted by molar-refractivity contribution is 0.102. The van der Waals surface area contributed by atoms with Crippen LogP contribution in [0.4, 0.5) is 5.69 Å². The maximum Gasteiger partial charge on any atom is 0.255 e. The molecule has 0 aliphatic carbocycles. The summed E-state index contributed by atoms with van der Waals surface area (Å²) < 4.78 is 11.9. The van der Waals surface area contributed by atoms with Crippen molar-refractivity contribution in [2.75, 3.05) is 12.4 Å². The zero-order valence-corrected chi connectivity index (χ0v) is 17.9. The molecule has 0 atom stereocenters. The number of hydrogen-bond donors (Lipinski definition) is 1. The summed E-state index contributed by atoms with van der Waals surface area (Å²) >= 11 is 15.6. The number of carbonyl (C=O) groups excluding carboxylic acids is 1. The molecule has 3 aromatic carbocycles. The third-order valence-corrected chi connectivity index (χ3v) is 5.32. The molecular formula is C21H16BrCl2NO3. The molecule has 0 unspecified atom stereocenters. The van der Waals surface area contributed by atoms with Crippen molar-refractivity contribution in [3.05, 3.63) is 86.3 Å². The summed E-state index contributed by atoms with van der Waals surface area (Å²) in [5, 5.41) is 3.41. The Labute approximate surface area is 181 Å². The van der Waals surface area contributed by atoms with Crippen LogP contribution in [-0.2, 0) is 6.61 Å². The van der Waals surface area contributed by atoms with E-state index in [1.165, 1.54) is 0 Å². The van der Waals surface area contributed by atoms with E-state index in [0.29, 0.717) is 38.9 Å². The van der Waals surface area contributed by atoms with E-state index in [9.17, 15) is 4.79 Å². The number of ether oxygens (including phenoxy) is 2. The Morgan fingerprint density at radius 1 is 1.07 bits per heavy atom. The van der Waals surface area contributed by atoms with Gasteiger partial charge in [-0.1, -0.05) is 59.6 Å². The second-order valence-electron chi connectivity index (χ2n) is 5.82. The molecule has 0 saturated heterocycles. The maximum absolute atomic E-state index is 12.7. The summed E-state index contributed by atoms with van der Waals surface area (Å²) in [5.41, 5.74) is 1.81. The van der Waals surface area contributed by atoms with Gasteiger partial charge >= 0.3 is 0 Å². The van der Waals surface area contributed by atoms with Gasteiger partial charge in [-0.3, -0.25) is 4.79 Å². The van der Waals surface area contributed by atoms with Crippen molar-refractivity contribution in [3.63, 3.8) is 0 Å². The Hall–Kier alpha value is -2.21. The van der Waals surface area contributed by atoms with Crippen molar-refractivity contribution in [1.29, 1.82) is 0 Å². The van der Waals surface area contributed by atoms with E-state index in [0.717, 1.165) is 5.56 Å². The lowest BCUT2D eigenvalue weighted by Gasteiger charge is -2.15. The number of carbonyl (C=O) groups is 1. The number of halogens is 3. The first kappa shape index (κ1) is 20.5. The van der Waals surface area contributed by atoms with E-state index >= 15 is 0 Å². The van der Waals surface area contributed by atoms with Crippen molar-refractivity contribution in [3.8, 4) is 11.5 Å². The second-order valence-corrected chi connectivity index (χ2v) is 7.46. The molecule has 0 aliphatic heterocycles. The highest BCUT2D eigenvalue weighted by Crippen LogP contribution is 2.37. The van der Waals surface area contributed by atoms with Crippen LogP contribution in [0.5, 0.6) is 11.5 Å². The summed E-state index contributed by atoms with van der Waals surface area (Å²) in [6.45, 7) is 0.342. The van der Waals surface area contributed by atoms with E-state index in [1.54, 1.807) is 37.4 Å². The molecular weight excluding hydrogens is 465 g/mol. The van der Waals surface area contributed by atoms with Gasteiger partial charge in [0.2, 0.25) is 0 Å². The first-order chi connectivity index (χ1) is 13.5. The van der Waals surface area contributed by atoms with Gasteiger partial charge in [0, 0.05) is 5.56 Å². The number of methoxy groups -OCH3 is 1. The molecule has 0 fully saturated rings. The van der Waals surface area contributed by atoms with Gasteiger partial charge in [-0.2, -0.15) is 0 Å². The third kappa shape index (κ3) is 4.79. The number of amides is 1. The largest absolute Gasteiger partial charge is 0.492 e. The van der Waals surface area contributed by atoms with Crippen LogP contribution in [0.3, 0.4) is 0 Å². The Morgan fingerprint density at radius 3 is 2.54 bits per heavy atom. The Morgan fingerprint density at radius 2 is 1.82 bits per heavy atom. The molecule has 144 valence electrons. The molecule has 4 nitrogen and oxygen atoms in total. The highest BCUT2D eigenvalue weighted by Gasteiger charge is 2.17. The number of benzene rings is 3. The summed E-state index contributed by atoms with van der Waals surface area (Å²) in [7, 11) is 1.54. The fourth-order valence-corrected chi connectivity index (χ4v) is 3.49. The van der Waals surface area contributed by atoms with E-state index < -0.39 is 0 Å². The summed E-state index contributed by atoms with van der Waals surface area (Å²) in [5.74, 6) is 0.605. The molecule has 0 bridgehead atoms. The van der Waals surface area contributed by atoms with Crippen molar-refractivity contribution in [2.45, 2.75) is 6.61 Å². The zero-order chi connectivity index (χ0) is 20.1. The van der Waals surface area contributed by atoms with Crippen LogP contribution in [0.2, 0.25) is 10.0 Å². The molecule has 3 rings (SSSR count). The predicted molar refractivity (Wildman–Crippen MR) is 116 cm³/mol. The monoisotopic (exact) mass is 479 g/mol. The lowest BCUT2D eigenvalue weighted by atomic mass is 10.1. The topological polar surface area (TPSA) is 47.6 Å². The van der Waals surface area contributed by atoms with Crippen molar-refractivity contribution >= 4 is 50.7 Å². The van der Waals surface area contributed by atoms with E-state index in [4.69, 9.17) is 32.7 Å². The van der Waals surface area contributed by atoms with Crippen LogP contribution in [0.1, 0.15) is 15.9 Å². The molecule has 0 aliphatic rings. The standard InChI is InChI=1S/C21H16BrCl2NO3/c1-27-20-15(22)10-14(11-18(20)28-12-13-6-3-2-4-7-13)21(26)25-17-9-5-8-16(23)19(17)24/h2-11H,12H2,1H3,(H,25,26). The first-order valence-corrected chi connectivity index (χ1v) is 9.84. The summed E-state index contributed by atoms with van der Waals surface area (Å²) in [6, 6.07) is 18.0. The minimum atomic E-state index is -0.350. The lowest BCUT2D eigenvalue weighted by Crippen LogP contribution is -2.13.